The average molecular weight is 209 g/mol. The number of ether oxygens (including phenoxy) is 1. The number of amides is 1. The molecule has 0 atom stereocenters. The average Bonchev–Trinajstić information content (AvgIpc) is 2.29. The van der Waals surface area contributed by atoms with Gasteiger partial charge in [0.2, 0.25) is 5.91 Å². The SMILES string of the molecule is CNC(=O)CCOc1ccc(CN)nc1. The van der Waals surface area contributed by atoms with Crippen LogP contribution in [0.3, 0.4) is 0 Å². The lowest BCUT2D eigenvalue weighted by Gasteiger charge is -2.05. The third-order valence-electron chi connectivity index (χ3n) is 1.88. The van der Waals surface area contributed by atoms with Gasteiger partial charge in [0.25, 0.3) is 0 Å². The summed E-state index contributed by atoms with van der Waals surface area (Å²) in [6.07, 6.45) is 1.95. The first kappa shape index (κ1) is 11.5. The summed E-state index contributed by atoms with van der Waals surface area (Å²) >= 11 is 0. The lowest BCUT2D eigenvalue weighted by atomic mass is 10.3. The third kappa shape index (κ3) is 3.95. The maximum absolute atomic E-state index is 10.9. The summed E-state index contributed by atoms with van der Waals surface area (Å²) in [5, 5.41) is 2.52. The summed E-state index contributed by atoms with van der Waals surface area (Å²) in [6, 6.07) is 3.59. The van der Waals surface area contributed by atoms with Crippen molar-refractivity contribution in [2.24, 2.45) is 5.73 Å². The molecule has 15 heavy (non-hydrogen) atoms. The molecular weight excluding hydrogens is 194 g/mol. The molecule has 3 N–H and O–H groups in total. The maximum Gasteiger partial charge on any atom is 0.223 e. The van der Waals surface area contributed by atoms with E-state index in [4.69, 9.17) is 10.5 Å². The molecule has 0 saturated carbocycles. The van der Waals surface area contributed by atoms with Crippen LogP contribution in [0.25, 0.3) is 0 Å². The summed E-state index contributed by atoms with van der Waals surface area (Å²) in [5.74, 6) is 0.609. The quantitative estimate of drug-likeness (QED) is 0.718. The highest BCUT2D eigenvalue weighted by Crippen LogP contribution is 2.08. The fourth-order valence-electron chi connectivity index (χ4n) is 1.00. The molecule has 5 heteroatoms. The van der Waals surface area contributed by atoms with Gasteiger partial charge in [0.1, 0.15) is 5.75 Å². The van der Waals surface area contributed by atoms with Crippen molar-refractivity contribution in [3.63, 3.8) is 0 Å². The Morgan fingerprint density at radius 1 is 1.60 bits per heavy atom. The second-order valence-corrected chi connectivity index (χ2v) is 2.96. The molecule has 1 aromatic heterocycles. The van der Waals surface area contributed by atoms with Crippen molar-refractivity contribution < 1.29 is 9.53 Å². The van der Waals surface area contributed by atoms with Crippen LogP contribution in [-0.2, 0) is 11.3 Å². The van der Waals surface area contributed by atoms with E-state index in [1.165, 1.54) is 0 Å². The van der Waals surface area contributed by atoms with E-state index < -0.39 is 0 Å². The van der Waals surface area contributed by atoms with E-state index in [1.54, 1.807) is 25.4 Å². The highest BCUT2D eigenvalue weighted by molar-refractivity contribution is 5.75. The van der Waals surface area contributed by atoms with Gasteiger partial charge in [-0.25, -0.2) is 0 Å². The van der Waals surface area contributed by atoms with Crippen LogP contribution in [0.4, 0.5) is 0 Å². The Morgan fingerprint density at radius 2 is 2.40 bits per heavy atom. The number of pyridine rings is 1. The van der Waals surface area contributed by atoms with Crippen LogP contribution in [0.2, 0.25) is 0 Å². The van der Waals surface area contributed by atoms with Crippen molar-refractivity contribution >= 4 is 5.91 Å². The molecule has 1 rings (SSSR count). The smallest absolute Gasteiger partial charge is 0.223 e. The molecule has 5 nitrogen and oxygen atoms in total. The lowest BCUT2D eigenvalue weighted by Crippen LogP contribution is -2.20. The number of nitrogens with two attached hydrogens (primary N) is 1. The summed E-state index contributed by atoms with van der Waals surface area (Å²) in [5.41, 5.74) is 6.22. The second kappa shape index (κ2) is 5.98. The minimum atomic E-state index is -0.0402. The predicted octanol–water partition coefficient (Wildman–Crippen LogP) is 0.0552. The number of rotatable bonds is 5. The van der Waals surface area contributed by atoms with Gasteiger partial charge in [-0.3, -0.25) is 9.78 Å². The molecule has 1 amide bonds. The zero-order chi connectivity index (χ0) is 11.1. The molecule has 0 spiro atoms. The number of hydrogen-bond acceptors (Lipinski definition) is 4. The van der Waals surface area contributed by atoms with Crippen LogP contribution in [0, 0.1) is 0 Å². The van der Waals surface area contributed by atoms with Crippen LogP contribution in [0.1, 0.15) is 12.1 Å². The van der Waals surface area contributed by atoms with Gasteiger partial charge in [-0.05, 0) is 12.1 Å². The predicted molar refractivity (Wildman–Crippen MR) is 56.3 cm³/mol. The Hall–Kier alpha value is -1.62. The molecule has 0 aliphatic carbocycles. The molecule has 0 fully saturated rings. The van der Waals surface area contributed by atoms with Crippen LogP contribution in [0.15, 0.2) is 18.3 Å². The van der Waals surface area contributed by atoms with Crippen LogP contribution in [-0.4, -0.2) is 24.5 Å². The van der Waals surface area contributed by atoms with Gasteiger partial charge in [-0.15, -0.1) is 0 Å². The molecule has 0 unspecified atom stereocenters. The Labute approximate surface area is 88.6 Å². The van der Waals surface area contributed by atoms with E-state index in [-0.39, 0.29) is 5.91 Å². The molecule has 0 radical (unpaired) electrons. The Bertz CT molecular complexity index is 311. The summed E-state index contributed by atoms with van der Waals surface area (Å²) in [6.45, 7) is 0.766. The van der Waals surface area contributed by atoms with Gasteiger partial charge in [0.05, 0.1) is 24.9 Å². The van der Waals surface area contributed by atoms with Crippen molar-refractivity contribution in [1.29, 1.82) is 0 Å². The maximum atomic E-state index is 10.9. The number of hydrogen-bond donors (Lipinski definition) is 2. The van der Waals surface area contributed by atoms with Gasteiger partial charge in [-0.2, -0.15) is 0 Å². The first-order valence-corrected chi connectivity index (χ1v) is 4.74. The number of nitrogens with one attached hydrogen (secondary N) is 1. The minimum Gasteiger partial charge on any atom is -0.491 e. The monoisotopic (exact) mass is 209 g/mol. The van der Waals surface area contributed by atoms with Crippen molar-refractivity contribution in [3.05, 3.63) is 24.0 Å². The Balaban J connectivity index is 2.34. The number of carbonyl (C=O) groups is 1. The molecule has 0 aliphatic rings. The lowest BCUT2D eigenvalue weighted by molar-refractivity contribution is -0.121. The van der Waals surface area contributed by atoms with E-state index in [2.05, 4.69) is 10.3 Å². The fraction of sp³-hybridized carbons (Fsp3) is 0.400. The van der Waals surface area contributed by atoms with E-state index in [9.17, 15) is 4.79 Å². The topological polar surface area (TPSA) is 77.2 Å². The van der Waals surface area contributed by atoms with E-state index in [1.807, 2.05) is 0 Å². The van der Waals surface area contributed by atoms with Crippen LogP contribution in [0.5, 0.6) is 5.75 Å². The number of carbonyl (C=O) groups excluding carboxylic acids is 1. The van der Waals surface area contributed by atoms with Crippen molar-refractivity contribution in [1.82, 2.24) is 10.3 Å². The third-order valence-corrected chi connectivity index (χ3v) is 1.88. The number of nitrogens with zero attached hydrogens (tertiary/aromatic N) is 1. The van der Waals surface area contributed by atoms with Gasteiger partial charge >= 0.3 is 0 Å². The molecule has 82 valence electrons. The van der Waals surface area contributed by atoms with Crippen molar-refractivity contribution in [2.45, 2.75) is 13.0 Å². The second-order valence-electron chi connectivity index (χ2n) is 2.96. The standard InChI is InChI=1S/C10H15N3O2/c1-12-10(14)4-5-15-9-3-2-8(6-11)13-7-9/h2-3,7H,4-6,11H2,1H3,(H,12,14). The molecule has 0 saturated heterocycles. The van der Waals surface area contributed by atoms with Gasteiger partial charge in [0, 0.05) is 13.6 Å². The highest BCUT2D eigenvalue weighted by Gasteiger charge is 1.99. The minimum absolute atomic E-state index is 0.0402. The van der Waals surface area contributed by atoms with Crippen molar-refractivity contribution in [3.8, 4) is 5.75 Å². The largest absolute Gasteiger partial charge is 0.491 e. The molecule has 0 bridgehead atoms. The van der Waals surface area contributed by atoms with E-state index in [0.717, 1.165) is 5.69 Å². The normalized spacial score (nSPS) is 9.73. The molecular formula is C10H15N3O2. The number of aromatic nitrogens is 1. The fourth-order valence-corrected chi connectivity index (χ4v) is 1.00. The zero-order valence-corrected chi connectivity index (χ0v) is 8.69. The van der Waals surface area contributed by atoms with Crippen LogP contribution >= 0.6 is 0 Å². The van der Waals surface area contributed by atoms with E-state index in [0.29, 0.717) is 25.3 Å². The summed E-state index contributed by atoms with van der Waals surface area (Å²) < 4.78 is 5.31. The van der Waals surface area contributed by atoms with Gasteiger partial charge in [-0.1, -0.05) is 0 Å². The van der Waals surface area contributed by atoms with Crippen LogP contribution < -0.4 is 15.8 Å². The molecule has 0 aliphatic heterocycles. The molecule has 1 aromatic rings. The Kier molecular flexibility index (Phi) is 4.56. The van der Waals surface area contributed by atoms with Crippen molar-refractivity contribution in [2.75, 3.05) is 13.7 Å². The first-order chi connectivity index (χ1) is 7.26. The van der Waals surface area contributed by atoms with E-state index >= 15 is 0 Å². The highest BCUT2D eigenvalue weighted by atomic mass is 16.5. The molecule has 0 aromatic carbocycles. The van der Waals surface area contributed by atoms with Gasteiger partial charge in [0.15, 0.2) is 0 Å². The summed E-state index contributed by atoms with van der Waals surface area (Å²) in [7, 11) is 1.60. The first-order valence-electron chi connectivity index (χ1n) is 4.74. The Morgan fingerprint density at radius 3 is 2.93 bits per heavy atom. The zero-order valence-electron chi connectivity index (χ0n) is 8.69. The molecule has 1 heterocycles. The van der Waals surface area contributed by atoms with Gasteiger partial charge < -0.3 is 15.8 Å². The summed E-state index contributed by atoms with van der Waals surface area (Å²) in [4.78, 5) is 14.9.